The lowest BCUT2D eigenvalue weighted by Crippen LogP contribution is -2.23. The Morgan fingerprint density at radius 1 is 0.750 bits per heavy atom. The normalized spacial score (nSPS) is 22.5. The molecule has 0 saturated carbocycles. The van der Waals surface area contributed by atoms with Crippen LogP contribution < -0.4 is 10.2 Å². The zero-order valence-corrected chi connectivity index (χ0v) is 17.1. The summed E-state index contributed by atoms with van der Waals surface area (Å²) in [6.45, 7) is 5.75. The minimum Gasteiger partial charge on any atom is -0.253 e. The van der Waals surface area contributed by atoms with Crippen LogP contribution in [0.25, 0.3) is 0 Å². The molecule has 1 aliphatic heterocycles. The summed E-state index contributed by atoms with van der Waals surface area (Å²) in [4.78, 5) is 0. The van der Waals surface area contributed by atoms with Crippen LogP contribution in [-0.2, 0) is 0 Å². The van der Waals surface area contributed by atoms with Crippen molar-refractivity contribution < 1.29 is 0 Å². The summed E-state index contributed by atoms with van der Waals surface area (Å²) in [7, 11) is -2.47. The van der Waals surface area contributed by atoms with Crippen LogP contribution in [0.3, 0.4) is 0 Å². The summed E-state index contributed by atoms with van der Waals surface area (Å²) in [5, 5.41) is 6.66. The maximum absolute atomic E-state index is 6.16. The average Bonchev–Trinajstić information content (AvgIpc) is 2.25. The van der Waals surface area contributed by atoms with Crippen LogP contribution in [0.2, 0.25) is 0 Å². The van der Waals surface area contributed by atoms with Gasteiger partial charge in [0, 0.05) is 13.1 Å². The molecule has 0 radical (unpaired) electrons. The van der Waals surface area contributed by atoms with Gasteiger partial charge in [0.25, 0.3) is 11.8 Å². The summed E-state index contributed by atoms with van der Waals surface area (Å²) in [6.07, 6.45) is 4.14. The lowest BCUT2D eigenvalue weighted by atomic mass is 10.3. The molecule has 0 aliphatic carbocycles. The fraction of sp³-hybridized carbons (Fsp3) is 1.00. The van der Waals surface area contributed by atoms with Crippen molar-refractivity contribution in [3.05, 3.63) is 0 Å². The average molecular weight is 421 g/mol. The fourth-order valence-corrected chi connectivity index (χ4v) is 16.8. The van der Waals surface area contributed by atoms with Crippen LogP contribution in [0.1, 0.15) is 39.5 Å². The molecular weight excluding hydrogens is 401 g/mol. The van der Waals surface area contributed by atoms with Gasteiger partial charge in [-0.2, -0.15) is 13.5 Å². The van der Waals surface area contributed by atoms with Gasteiger partial charge in [-0.3, -0.25) is 10.2 Å². The first-order valence-corrected chi connectivity index (χ1v) is 15.1. The molecule has 0 bridgehead atoms. The Morgan fingerprint density at radius 3 is 1.60 bits per heavy atom. The zero-order chi connectivity index (χ0) is 15.3. The van der Waals surface area contributed by atoms with E-state index >= 15 is 0 Å². The summed E-state index contributed by atoms with van der Waals surface area (Å²) in [5.74, 6) is -5.73. The van der Waals surface area contributed by atoms with Gasteiger partial charge in [0.2, 0.25) is 7.51 Å². The lowest BCUT2D eigenvalue weighted by molar-refractivity contribution is 0.737. The van der Waals surface area contributed by atoms with Gasteiger partial charge in [0.1, 0.15) is 0 Å². The predicted molar refractivity (Wildman–Crippen MR) is 97.3 cm³/mol. The van der Waals surface area contributed by atoms with Gasteiger partial charge in [-0.15, -0.1) is 0 Å². The van der Waals surface area contributed by atoms with Crippen LogP contribution >= 0.6 is 64.3 Å². The van der Waals surface area contributed by atoms with E-state index in [1.165, 1.54) is 0 Å². The maximum Gasteiger partial charge on any atom is 0.257 e. The van der Waals surface area contributed by atoms with Gasteiger partial charge in [-0.25, -0.2) is 0 Å². The van der Waals surface area contributed by atoms with E-state index < -0.39 is 19.3 Å². The highest BCUT2D eigenvalue weighted by atomic mass is 35.9. The Bertz CT molecular complexity index is 461. The standard InChI is InChI=1S/C8H20Cl4N5P3/c1-3-5-7-13-20(14-8-6-4-2)16-18(9,10)15-19(11,12)17-20/h13-14H,3-8H2,1-2H3. The lowest BCUT2D eigenvalue weighted by Gasteiger charge is -2.28. The first-order valence-electron chi connectivity index (χ1n) is 6.44. The molecule has 1 rings (SSSR count). The highest BCUT2D eigenvalue weighted by Crippen LogP contribution is 2.83. The minimum absolute atomic E-state index is 0.762. The zero-order valence-electron chi connectivity index (χ0n) is 11.4. The first-order chi connectivity index (χ1) is 9.24. The molecule has 1 heterocycles. The molecule has 1 aliphatic rings. The third-order valence-corrected chi connectivity index (χ3v) is 14.1. The molecule has 2 N–H and O–H groups in total. The minimum atomic E-state index is -2.87. The van der Waals surface area contributed by atoms with Crippen molar-refractivity contribution in [2.75, 3.05) is 13.1 Å². The van der Waals surface area contributed by atoms with E-state index in [4.69, 9.17) is 45.0 Å². The van der Waals surface area contributed by atoms with E-state index in [-0.39, 0.29) is 0 Å². The topological polar surface area (TPSA) is 61.1 Å². The summed E-state index contributed by atoms with van der Waals surface area (Å²) in [5.41, 5.74) is 0. The van der Waals surface area contributed by atoms with Gasteiger partial charge in [-0.1, -0.05) is 26.7 Å². The van der Waals surface area contributed by atoms with E-state index in [0.717, 1.165) is 38.8 Å². The van der Waals surface area contributed by atoms with Crippen LogP contribution in [0.5, 0.6) is 0 Å². The first kappa shape index (κ1) is 19.8. The molecule has 0 atom stereocenters. The van der Waals surface area contributed by atoms with E-state index in [1.54, 1.807) is 0 Å². The van der Waals surface area contributed by atoms with E-state index in [9.17, 15) is 0 Å². The molecule has 120 valence electrons. The number of halogens is 4. The summed E-state index contributed by atoms with van der Waals surface area (Å²) in [6, 6.07) is 0. The highest BCUT2D eigenvalue weighted by molar-refractivity contribution is 8.20. The van der Waals surface area contributed by atoms with Gasteiger partial charge in [-0.05, 0) is 57.8 Å². The van der Waals surface area contributed by atoms with Crippen molar-refractivity contribution in [1.29, 1.82) is 0 Å². The van der Waals surface area contributed by atoms with Crippen molar-refractivity contribution >= 4 is 64.3 Å². The smallest absolute Gasteiger partial charge is 0.253 e. The second kappa shape index (κ2) is 8.57. The Hall–Kier alpha value is 1.77. The number of nitrogens with zero attached hydrogens (tertiary/aromatic N) is 3. The van der Waals surface area contributed by atoms with Gasteiger partial charge in [0.05, 0.1) is 0 Å². The molecule has 12 heteroatoms. The Morgan fingerprint density at radius 2 is 1.20 bits per heavy atom. The molecule has 0 amide bonds. The summed E-state index contributed by atoms with van der Waals surface area (Å²) < 4.78 is 12.9. The SMILES string of the molecule is CCCCNP1(NCCCC)=NP(Cl)(Cl)=NP(Cl)(Cl)=N1. The molecule has 0 spiro atoms. The number of unbranched alkanes of at least 4 members (excludes halogenated alkanes) is 2. The van der Waals surface area contributed by atoms with Crippen molar-refractivity contribution in [2.45, 2.75) is 39.5 Å². The second-order valence-corrected chi connectivity index (χ2v) is 16.8. The molecule has 0 saturated heterocycles. The number of hydrogen-bond donors (Lipinski definition) is 2. The quantitative estimate of drug-likeness (QED) is 0.314. The molecular formula is C8H20Cl4N5P3. The van der Waals surface area contributed by atoms with Crippen LogP contribution in [0.4, 0.5) is 0 Å². The Kier molecular flexibility index (Phi) is 8.50. The van der Waals surface area contributed by atoms with Crippen LogP contribution in [-0.4, -0.2) is 13.1 Å². The Labute approximate surface area is 140 Å². The number of hydrogen-bond acceptors (Lipinski definition) is 5. The molecule has 0 fully saturated rings. The number of rotatable bonds is 8. The maximum atomic E-state index is 6.16. The van der Waals surface area contributed by atoms with Gasteiger partial charge >= 0.3 is 0 Å². The van der Waals surface area contributed by atoms with Gasteiger partial charge < -0.3 is 0 Å². The largest absolute Gasteiger partial charge is 0.257 e. The Balaban J connectivity index is 3.07. The van der Waals surface area contributed by atoms with Crippen molar-refractivity contribution in [1.82, 2.24) is 10.2 Å². The third-order valence-electron chi connectivity index (χ3n) is 2.41. The van der Waals surface area contributed by atoms with E-state index in [1.807, 2.05) is 0 Å². The summed E-state index contributed by atoms with van der Waals surface area (Å²) >= 11 is 24.6. The van der Waals surface area contributed by atoms with Crippen LogP contribution in [0, 0.1) is 0 Å². The van der Waals surface area contributed by atoms with E-state index in [0.29, 0.717) is 0 Å². The van der Waals surface area contributed by atoms with Crippen molar-refractivity contribution in [3.63, 3.8) is 0 Å². The molecule has 0 aromatic carbocycles. The van der Waals surface area contributed by atoms with Crippen LogP contribution in [0.15, 0.2) is 13.5 Å². The highest BCUT2D eigenvalue weighted by Gasteiger charge is 2.32. The fourth-order valence-electron chi connectivity index (χ4n) is 1.50. The van der Waals surface area contributed by atoms with Gasteiger partial charge in [0.15, 0.2) is 0 Å². The molecule has 5 nitrogen and oxygen atoms in total. The molecule has 0 aromatic rings. The predicted octanol–water partition coefficient (Wildman–Crippen LogP) is 7.57. The van der Waals surface area contributed by atoms with Crippen molar-refractivity contribution in [3.8, 4) is 0 Å². The van der Waals surface area contributed by atoms with E-state index in [2.05, 4.69) is 37.6 Å². The van der Waals surface area contributed by atoms with Crippen molar-refractivity contribution in [2.24, 2.45) is 13.5 Å². The molecule has 20 heavy (non-hydrogen) atoms. The molecule has 0 unspecified atom stereocenters. The number of nitrogens with one attached hydrogen (secondary N) is 2. The monoisotopic (exact) mass is 419 g/mol. The molecule has 0 aromatic heterocycles. The third kappa shape index (κ3) is 6.90. The second-order valence-electron chi connectivity index (χ2n) is 4.30.